The Hall–Kier alpha value is -1.05. The summed E-state index contributed by atoms with van der Waals surface area (Å²) in [7, 11) is 0. The highest BCUT2D eigenvalue weighted by Crippen LogP contribution is 2.13. The zero-order valence-corrected chi connectivity index (χ0v) is 10.5. The maximum absolute atomic E-state index is 10.7. The minimum atomic E-state index is -0.339. The molecule has 0 bridgehead atoms. The fourth-order valence-electron chi connectivity index (χ4n) is 1.48. The lowest BCUT2D eigenvalue weighted by Gasteiger charge is -2.05. The van der Waals surface area contributed by atoms with Gasteiger partial charge < -0.3 is 4.74 Å². The fourth-order valence-corrected chi connectivity index (χ4v) is 1.48. The highest BCUT2D eigenvalue weighted by atomic mass is 16.5. The predicted octanol–water partition coefficient (Wildman–Crippen LogP) is 4.02. The first kappa shape index (κ1) is 14.9. The molecule has 0 aliphatic rings. The van der Waals surface area contributed by atoms with Crippen LogP contribution in [0.15, 0.2) is 24.8 Å². The van der Waals surface area contributed by atoms with Crippen molar-refractivity contribution in [2.24, 2.45) is 0 Å². The van der Waals surface area contributed by atoms with E-state index in [1.54, 1.807) is 0 Å². The summed E-state index contributed by atoms with van der Waals surface area (Å²) < 4.78 is 4.89. The predicted molar refractivity (Wildman–Crippen MR) is 68.3 cm³/mol. The summed E-state index contributed by atoms with van der Waals surface area (Å²) in [6, 6.07) is 0. The van der Waals surface area contributed by atoms with Crippen molar-refractivity contribution in [1.82, 2.24) is 0 Å². The number of hydrogen-bond donors (Lipinski definition) is 0. The van der Waals surface area contributed by atoms with Crippen LogP contribution in [-0.2, 0) is 9.53 Å². The van der Waals surface area contributed by atoms with Crippen molar-refractivity contribution >= 4 is 5.97 Å². The highest BCUT2D eigenvalue weighted by molar-refractivity contribution is 5.81. The third-order valence-corrected chi connectivity index (χ3v) is 2.47. The van der Waals surface area contributed by atoms with E-state index in [0.29, 0.717) is 6.61 Å². The molecule has 0 spiro atoms. The van der Waals surface area contributed by atoms with Gasteiger partial charge in [0, 0.05) is 6.08 Å². The second-order valence-electron chi connectivity index (χ2n) is 4.04. The van der Waals surface area contributed by atoms with E-state index in [9.17, 15) is 4.79 Å². The third kappa shape index (κ3) is 9.50. The Bertz CT molecular complexity index is 219. The summed E-state index contributed by atoms with van der Waals surface area (Å²) in [5.74, 6) is -0.339. The SMILES string of the molecule is C=CC(=O)OCCCC(=C)CCCCCC. The van der Waals surface area contributed by atoms with E-state index in [4.69, 9.17) is 4.74 Å². The van der Waals surface area contributed by atoms with Gasteiger partial charge in [-0.1, -0.05) is 44.9 Å². The second-order valence-corrected chi connectivity index (χ2v) is 4.04. The summed E-state index contributed by atoms with van der Waals surface area (Å²) in [5, 5.41) is 0. The molecule has 0 aromatic rings. The van der Waals surface area contributed by atoms with Crippen molar-refractivity contribution in [3.63, 3.8) is 0 Å². The van der Waals surface area contributed by atoms with E-state index < -0.39 is 0 Å². The van der Waals surface area contributed by atoms with Gasteiger partial charge in [0.1, 0.15) is 0 Å². The van der Waals surface area contributed by atoms with E-state index in [2.05, 4.69) is 20.1 Å². The largest absolute Gasteiger partial charge is 0.463 e. The molecule has 0 aliphatic heterocycles. The summed E-state index contributed by atoms with van der Waals surface area (Å²) in [6.45, 7) is 10.1. The molecule has 0 saturated carbocycles. The topological polar surface area (TPSA) is 26.3 Å². The minimum absolute atomic E-state index is 0.339. The Balaban J connectivity index is 3.30. The Morgan fingerprint density at radius 3 is 2.50 bits per heavy atom. The highest BCUT2D eigenvalue weighted by Gasteiger charge is 1.98. The first-order chi connectivity index (χ1) is 7.70. The van der Waals surface area contributed by atoms with Crippen LogP contribution in [-0.4, -0.2) is 12.6 Å². The van der Waals surface area contributed by atoms with Crippen LogP contribution in [0.1, 0.15) is 51.9 Å². The molecule has 2 heteroatoms. The number of hydrogen-bond acceptors (Lipinski definition) is 2. The Labute approximate surface area is 99.4 Å². The van der Waals surface area contributed by atoms with E-state index in [0.717, 1.165) is 19.3 Å². The Morgan fingerprint density at radius 1 is 1.19 bits per heavy atom. The van der Waals surface area contributed by atoms with Crippen molar-refractivity contribution < 1.29 is 9.53 Å². The summed E-state index contributed by atoms with van der Waals surface area (Å²) in [6.07, 6.45) is 9.23. The van der Waals surface area contributed by atoms with Gasteiger partial charge in [-0.2, -0.15) is 0 Å². The molecule has 0 fully saturated rings. The molecule has 0 aliphatic carbocycles. The maximum atomic E-state index is 10.7. The molecule has 0 rings (SSSR count). The van der Waals surface area contributed by atoms with Gasteiger partial charge in [0.2, 0.25) is 0 Å². The lowest BCUT2D eigenvalue weighted by atomic mass is 10.0. The molecule has 0 aromatic heterocycles. The van der Waals surface area contributed by atoms with Crippen LogP contribution in [0.25, 0.3) is 0 Å². The molecule has 0 aromatic carbocycles. The number of carbonyl (C=O) groups excluding carboxylic acids is 1. The molecule has 92 valence electrons. The molecule has 0 heterocycles. The van der Waals surface area contributed by atoms with E-state index >= 15 is 0 Å². The van der Waals surface area contributed by atoms with Crippen LogP contribution in [0, 0.1) is 0 Å². The fraction of sp³-hybridized carbons (Fsp3) is 0.643. The number of carbonyl (C=O) groups is 1. The molecule has 0 saturated heterocycles. The minimum Gasteiger partial charge on any atom is -0.463 e. The third-order valence-electron chi connectivity index (χ3n) is 2.47. The molecule has 16 heavy (non-hydrogen) atoms. The maximum Gasteiger partial charge on any atom is 0.330 e. The number of ether oxygens (including phenoxy) is 1. The van der Waals surface area contributed by atoms with E-state index in [1.807, 2.05) is 0 Å². The molecule has 0 amide bonds. The Morgan fingerprint density at radius 2 is 1.88 bits per heavy atom. The second kappa shape index (κ2) is 10.5. The number of esters is 1. The average molecular weight is 224 g/mol. The van der Waals surface area contributed by atoms with Crippen LogP contribution in [0.5, 0.6) is 0 Å². The van der Waals surface area contributed by atoms with E-state index in [1.165, 1.54) is 37.3 Å². The zero-order chi connectivity index (χ0) is 12.2. The molecule has 2 nitrogen and oxygen atoms in total. The van der Waals surface area contributed by atoms with Crippen molar-refractivity contribution in [2.75, 3.05) is 6.61 Å². The lowest BCUT2D eigenvalue weighted by Crippen LogP contribution is -2.01. The van der Waals surface area contributed by atoms with Gasteiger partial charge in [0.15, 0.2) is 0 Å². The number of rotatable bonds is 10. The molecular formula is C14H24O2. The first-order valence-corrected chi connectivity index (χ1v) is 6.16. The van der Waals surface area contributed by atoms with Gasteiger partial charge in [-0.3, -0.25) is 0 Å². The van der Waals surface area contributed by atoms with Crippen molar-refractivity contribution in [2.45, 2.75) is 51.9 Å². The molecule has 0 N–H and O–H groups in total. The van der Waals surface area contributed by atoms with Crippen molar-refractivity contribution in [3.05, 3.63) is 24.8 Å². The number of unbranched alkanes of at least 4 members (excludes halogenated alkanes) is 3. The van der Waals surface area contributed by atoms with Crippen LogP contribution in [0.2, 0.25) is 0 Å². The van der Waals surface area contributed by atoms with Crippen LogP contribution in [0.4, 0.5) is 0 Å². The van der Waals surface area contributed by atoms with Gasteiger partial charge in [-0.05, 0) is 25.7 Å². The molecule has 0 atom stereocenters. The van der Waals surface area contributed by atoms with Gasteiger partial charge >= 0.3 is 5.97 Å². The average Bonchev–Trinajstić information content (AvgIpc) is 2.30. The first-order valence-electron chi connectivity index (χ1n) is 6.16. The Kier molecular flexibility index (Phi) is 9.78. The van der Waals surface area contributed by atoms with E-state index in [-0.39, 0.29) is 5.97 Å². The summed E-state index contributed by atoms with van der Waals surface area (Å²) in [5.41, 5.74) is 1.27. The van der Waals surface area contributed by atoms with Gasteiger partial charge in [0.25, 0.3) is 0 Å². The lowest BCUT2D eigenvalue weighted by molar-refractivity contribution is -0.137. The smallest absolute Gasteiger partial charge is 0.330 e. The van der Waals surface area contributed by atoms with Crippen LogP contribution in [0.3, 0.4) is 0 Å². The van der Waals surface area contributed by atoms with Crippen molar-refractivity contribution in [1.29, 1.82) is 0 Å². The van der Waals surface area contributed by atoms with Gasteiger partial charge in [0.05, 0.1) is 6.61 Å². The summed E-state index contributed by atoms with van der Waals surface area (Å²) in [4.78, 5) is 10.7. The van der Waals surface area contributed by atoms with Gasteiger partial charge in [-0.25, -0.2) is 4.79 Å². The molecular weight excluding hydrogens is 200 g/mol. The quantitative estimate of drug-likeness (QED) is 0.242. The van der Waals surface area contributed by atoms with Crippen molar-refractivity contribution in [3.8, 4) is 0 Å². The number of allylic oxidation sites excluding steroid dienone is 1. The van der Waals surface area contributed by atoms with Crippen LogP contribution < -0.4 is 0 Å². The monoisotopic (exact) mass is 224 g/mol. The van der Waals surface area contributed by atoms with Crippen LogP contribution >= 0.6 is 0 Å². The summed E-state index contributed by atoms with van der Waals surface area (Å²) >= 11 is 0. The standard InChI is InChI=1S/C14H24O2/c1-4-6-7-8-10-13(3)11-9-12-16-14(15)5-2/h5H,2-4,6-12H2,1H3. The molecule has 0 radical (unpaired) electrons. The van der Waals surface area contributed by atoms with Gasteiger partial charge in [-0.15, -0.1) is 0 Å². The zero-order valence-electron chi connectivity index (χ0n) is 10.5. The molecule has 0 unspecified atom stereocenters. The normalized spacial score (nSPS) is 9.81.